The molecule has 1 aliphatic heterocycles. The Balaban J connectivity index is 1.87. The highest BCUT2D eigenvalue weighted by Gasteiger charge is 2.29. The van der Waals surface area contributed by atoms with Crippen LogP contribution in [0.15, 0.2) is 18.2 Å². The van der Waals surface area contributed by atoms with Gasteiger partial charge in [0.05, 0.1) is 6.61 Å². The van der Waals surface area contributed by atoms with Gasteiger partial charge in [0.15, 0.2) is 0 Å². The van der Waals surface area contributed by atoms with Crippen LogP contribution in [-0.4, -0.2) is 13.2 Å². The molecule has 1 fully saturated rings. The molecular weight excluding hydrogens is 222 g/mol. The maximum absolute atomic E-state index is 5.96. The molecule has 98 valence electrons. The SMILES string of the molecule is CC1CCC(CN)C(c2ccc3c(c2)CCO3)C1. The summed E-state index contributed by atoms with van der Waals surface area (Å²) in [6.45, 7) is 4.04. The van der Waals surface area contributed by atoms with E-state index in [4.69, 9.17) is 10.5 Å². The molecule has 0 amide bonds. The van der Waals surface area contributed by atoms with Crippen LogP contribution in [0.2, 0.25) is 0 Å². The zero-order valence-electron chi connectivity index (χ0n) is 11.2. The Bertz CT molecular complexity index is 429. The number of hydrogen-bond acceptors (Lipinski definition) is 2. The van der Waals surface area contributed by atoms with Crippen molar-refractivity contribution >= 4 is 0 Å². The van der Waals surface area contributed by atoms with Crippen LogP contribution in [0.5, 0.6) is 5.75 Å². The molecule has 1 aliphatic carbocycles. The Labute approximate surface area is 110 Å². The first-order valence-corrected chi connectivity index (χ1v) is 7.23. The Morgan fingerprint density at radius 1 is 1.33 bits per heavy atom. The predicted octanol–water partition coefficient (Wildman–Crippen LogP) is 3.10. The van der Waals surface area contributed by atoms with Gasteiger partial charge in [0, 0.05) is 6.42 Å². The molecule has 0 bridgehead atoms. The highest BCUT2D eigenvalue weighted by molar-refractivity contribution is 5.41. The first-order valence-electron chi connectivity index (χ1n) is 7.23. The lowest BCUT2D eigenvalue weighted by Crippen LogP contribution is -2.28. The molecule has 18 heavy (non-hydrogen) atoms. The summed E-state index contributed by atoms with van der Waals surface area (Å²) in [4.78, 5) is 0. The molecule has 1 heterocycles. The fraction of sp³-hybridized carbons (Fsp3) is 0.625. The number of ether oxygens (including phenoxy) is 1. The first kappa shape index (κ1) is 12.0. The van der Waals surface area contributed by atoms with E-state index in [0.717, 1.165) is 31.2 Å². The van der Waals surface area contributed by atoms with Crippen molar-refractivity contribution < 1.29 is 4.74 Å². The lowest BCUT2D eigenvalue weighted by Gasteiger charge is -2.34. The maximum Gasteiger partial charge on any atom is 0.122 e. The smallest absolute Gasteiger partial charge is 0.122 e. The zero-order chi connectivity index (χ0) is 12.5. The van der Waals surface area contributed by atoms with E-state index in [1.165, 1.54) is 30.4 Å². The molecule has 0 aromatic heterocycles. The molecule has 1 aromatic rings. The van der Waals surface area contributed by atoms with Crippen LogP contribution in [0.1, 0.15) is 43.2 Å². The van der Waals surface area contributed by atoms with Gasteiger partial charge in [0.1, 0.15) is 5.75 Å². The molecule has 1 saturated carbocycles. The molecule has 0 radical (unpaired) electrons. The van der Waals surface area contributed by atoms with Crippen LogP contribution in [-0.2, 0) is 6.42 Å². The first-order chi connectivity index (χ1) is 8.78. The third-order valence-electron chi connectivity index (χ3n) is 4.70. The summed E-state index contributed by atoms with van der Waals surface area (Å²) in [5.41, 5.74) is 8.84. The Morgan fingerprint density at radius 3 is 3.06 bits per heavy atom. The minimum atomic E-state index is 0.657. The van der Waals surface area contributed by atoms with Crippen molar-refractivity contribution in [2.75, 3.05) is 13.2 Å². The average Bonchev–Trinajstić information content (AvgIpc) is 2.85. The van der Waals surface area contributed by atoms with Gasteiger partial charge in [0.25, 0.3) is 0 Å². The molecule has 2 nitrogen and oxygen atoms in total. The number of hydrogen-bond donors (Lipinski definition) is 1. The van der Waals surface area contributed by atoms with Crippen molar-refractivity contribution in [2.45, 2.75) is 38.5 Å². The van der Waals surface area contributed by atoms with E-state index >= 15 is 0 Å². The molecule has 2 heteroatoms. The Hall–Kier alpha value is -1.02. The molecule has 1 aromatic carbocycles. The van der Waals surface area contributed by atoms with E-state index in [2.05, 4.69) is 25.1 Å². The van der Waals surface area contributed by atoms with Gasteiger partial charge in [-0.25, -0.2) is 0 Å². The van der Waals surface area contributed by atoms with E-state index in [-0.39, 0.29) is 0 Å². The quantitative estimate of drug-likeness (QED) is 0.869. The lowest BCUT2D eigenvalue weighted by molar-refractivity contribution is 0.253. The topological polar surface area (TPSA) is 35.2 Å². The van der Waals surface area contributed by atoms with E-state index < -0.39 is 0 Å². The van der Waals surface area contributed by atoms with E-state index in [9.17, 15) is 0 Å². The predicted molar refractivity (Wildman–Crippen MR) is 73.9 cm³/mol. The second-order valence-corrected chi connectivity index (χ2v) is 5.99. The van der Waals surface area contributed by atoms with Gasteiger partial charge in [-0.1, -0.05) is 25.5 Å². The molecule has 2 aliphatic rings. The standard InChI is InChI=1S/C16H23NO/c1-11-2-3-14(10-17)15(8-11)12-4-5-16-13(9-12)6-7-18-16/h4-5,9,11,14-15H,2-3,6-8,10,17H2,1H3. The van der Waals surface area contributed by atoms with Crippen LogP contribution in [0.25, 0.3) is 0 Å². The van der Waals surface area contributed by atoms with Crippen LogP contribution < -0.4 is 10.5 Å². The summed E-state index contributed by atoms with van der Waals surface area (Å²) < 4.78 is 5.59. The van der Waals surface area contributed by atoms with Gasteiger partial charge in [-0.3, -0.25) is 0 Å². The van der Waals surface area contributed by atoms with E-state index in [0.29, 0.717) is 11.8 Å². The molecule has 0 saturated heterocycles. The lowest BCUT2D eigenvalue weighted by atomic mass is 9.71. The minimum Gasteiger partial charge on any atom is -0.493 e. The van der Waals surface area contributed by atoms with Crippen molar-refractivity contribution in [1.29, 1.82) is 0 Å². The van der Waals surface area contributed by atoms with Gasteiger partial charge < -0.3 is 10.5 Å². The molecule has 2 N–H and O–H groups in total. The molecule has 3 unspecified atom stereocenters. The minimum absolute atomic E-state index is 0.657. The second-order valence-electron chi connectivity index (χ2n) is 5.99. The number of benzene rings is 1. The van der Waals surface area contributed by atoms with E-state index in [1.54, 1.807) is 0 Å². The largest absolute Gasteiger partial charge is 0.493 e. The molecule has 3 rings (SSSR count). The zero-order valence-corrected chi connectivity index (χ0v) is 11.2. The Morgan fingerprint density at radius 2 is 2.22 bits per heavy atom. The van der Waals surface area contributed by atoms with Gasteiger partial charge in [0.2, 0.25) is 0 Å². The third-order valence-corrected chi connectivity index (χ3v) is 4.70. The van der Waals surface area contributed by atoms with E-state index in [1.807, 2.05) is 0 Å². The Kier molecular flexibility index (Phi) is 3.29. The van der Waals surface area contributed by atoms with Crippen LogP contribution >= 0.6 is 0 Å². The summed E-state index contributed by atoms with van der Waals surface area (Å²) in [7, 11) is 0. The number of nitrogens with two attached hydrogens (primary N) is 1. The summed E-state index contributed by atoms with van der Waals surface area (Å²) in [5, 5.41) is 0. The number of fused-ring (bicyclic) bond motifs is 1. The maximum atomic E-state index is 5.96. The summed E-state index contributed by atoms with van der Waals surface area (Å²) >= 11 is 0. The summed E-state index contributed by atoms with van der Waals surface area (Å²) in [6.07, 6.45) is 4.99. The van der Waals surface area contributed by atoms with Gasteiger partial charge in [-0.2, -0.15) is 0 Å². The van der Waals surface area contributed by atoms with Crippen LogP contribution in [0, 0.1) is 11.8 Å². The van der Waals surface area contributed by atoms with Crippen molar-refractivity contribution in [3.05, 3.63) is 29.3 Å². The van der Waals surface area contributed by atoms with Crippen molar-refractivity contribution in [2.24, 2.45) is 17.6 Å². The average molecular weight is 245 g/mol. The van der Waals surface area contributed by atoms with Crippen molar-refractivity contribution in [3.8, 4) is 5.75 Å². The fourth-order valence-corrected chi connectivity index (χ4v) is 3.57. The normalized spacial score (nSPS) is 30.9. The highest BCUT2D eigenvalue weighted by atomic mass is 16.5. The summed E-state index contributed by atoms with van der Waals surface area (Å²) in [5.74, 6) is 3.25. The van der Waals surface area contributed by atoms with Gasteiger partial charge in [-0.05, 0) is 54.3 Å². The highest BCUT2D eigenvalue weighted by Crippen LogP contribution is 2.41. The van der Waals surface area contributed by atoms with Crippen molar-refractivity contribution in [1.82, 2.24) is 0 Å². The molecular formula is C16H23NO. The molecule has 0 spiro atoms. The van der Waals surface area contributed by atoms with Gasteiger partial charge >= 0.3 is 0 Å². The fourth-order valence-electron chi connectivity index (χ4n) is 3.57. The second kappa shape index (κ2) is 4.93. The molecule has 3 atom stereocenters. The monoisotopic (exact) mass is 245 g/mol. The van der Waals surface area contributed by atoms with Crippen LogP contribution in [0.3, 0.4) is 0 Å². The number of rotatable bonds is 2. The van der Waals surface area contributed by atoms with Gasteiger partial charge in [-0.15, -0.1) is 0 Å². The summed E-state index contributed by atoms with van der Waals surface area (Å²) in [6, 6.07) is 6.79. The van der Waals surface area contributed by atoms with Crippen molar-refractivity contribution in [3.63, 3.8) is 0 Å². The third kappa shape index (κ3) is 2.14. The van der Waals surface area contributed by atoms with Crippen LogP contribution in [0.4, 0.5) is 0 Å².